The van der Waals surface area contributed by atoms with Crippen LogP contribution in [0, 0.1) is 6.92 Å². The van der Waals surface area contributed by atoms with Crippen molar-refractivity contribution in [2.75, 3.05) is 11.9 Å². The van der Waals surface area contributed by atoms with Gasteiger partial charge in [0.15, 0.2) is 0 Å². The predicted molar refractivity (Wildman–Crippen MR) is 87.4 cm³/mol. The summed E-state index contributed by atoms with van der Waals surface area (Å²) in [5.74, 6) is 0. The third-order valence-corrected chi connectivity index (χ3v) is 4.00. The summed E-state index contributed by atoms with van der Waals surface area (Å²) in [4.78, 5) is 6.92. The van der Waals surface area contributed by atoms with Crippen molar-refractivity contribution in [1.82, 2.24) is 10.3 Å². The number of nitrogens with zero attached hydrogens (tertiary/aromatic N) is 2. The molecule has 0 amide bonds. The fourth-order valence-corrected chi connectivity index (χ4v) is 2.73. The first-order valence-corrected chi connectivity index (χ1v) is 7.87. The molecule has 2 aromatic rings. The van der Waals surface area contributed by atoms with Crippen LogP contribution in [0.1, 0.15) is 30.1 Å². The Morgan fingerprint density at radius 1 is 1.35 bits per heavy atom. The van der Waals surface area contributed by atoms with E-state index >= 15 is 0 Å². The van der Waals surface area contributed by atoms with Crippen molar-refractivity contribution in [3.8, 4) is 0 Å². The predicted octanol–water partition coefficient (Wildman–Crippen LogP) is 3.59. The van der Waals surface area contributed by atoms with E-state index < -0.39 is 0 Å². The molecule has 0 aliphatic rings. The summed E-state index contributed by atoms with van der Waals surface area (Å²) in [5.41, 5.74) is 3.66. The molecule has 0 spiro atoms. The fraction of sp³-hybridized carbons (Fsp3) is 0.438. The standard InChI is InChI=1S/C16H23N3S/c1-12(2)17-9-16-18-14(11-20-16)10-19(4)15-7-5-6-13(3)8-15/h5-8,11-12,17H,9-10H2,1-4H3. The van der Waals surface area contributed by atoms with Gasteiger partial charge in [-0.2, -0.15) is 0 Å². The van der Waals surface area contributed by atoms with Gasteiger partial charge in [0.1, 0.15) is 5.01 Å². The van der Waals surface area contributed by atoms with Gasteiger partial charge in [-0.05, 0) is 24.6 Å². The monoisotopic (exact) mass is 289 g/mol. The molecular weight excluding hydrogens is 266 g/mol. The first kappa shape index (κ1) is 15.0. The maximum atomic E-state index is 4.68. The molecule has 2 rings (SSSR count). The van der Waals surface area contributed by atoms with Gasteiger partial charge in [0, 0.05) is 30.7 Å². The number of hydrogen-bond acceptors (Lipinski definition) is 4. The third kappa shape index (κ3) is 4.32. The van der Waals surface area contributed by atoms with E-state index in [1.165, 1.54) is 11.3 Å². The minimum Gasteiger partial charge on any atom is -0.369 e. The van der Waals surface area contributed by atoms with E-state index in [0.29, 0.717) is 6.04 Å². The summed E-state index contributed by atoms with van der Waals surface area (Å²) in [6, 6.07) is 9.06. The molecule has 0 bridgehead atoms. The first-order chi connectivity index (χ1) is 9.54. The van der Waals surface area contributed by atoms with Gasteiger partial charge in [-0.15, -0.1) is 11.3 Å². The van der Waals surface area contributed by atoms with Gasteiger partial charge in [0.2, 0.25) is 0 Å². The van der Waals surface area contributed by atoms with E-state index in [2.05, 4.69) is 72.7 Å². The molecule has 1 N–H and O–H groups in total. The highest BCUT2D eigenvalue weighted by Gasteiger charge is 2.07. The number of benzene rings is 1. The Hall–Kier alpha value is -1.39. The van der Waals surface area contributed by atoms with Crippen LogP contribution in [-0.4, -0.2) is 18.1 Å². The SMILES string of the molecule is Cc1cccc(N(C)Cc2csc(CNC(C)C)n2)c1. The topological polar surface area (TPSA) is 28.2 Å². The molecule has 3 nitrogen and oxygen atoms in total. The van der Waals surface area contributed by atoms with Crippen LogP contribution >= 0.6 is 11.3 Å². The quantitative estimate of drug-likeness (QED) is 0.881. The summed E-state index contributed by atoms with van der Waals surface area (Å²) in [6.07, 6.45) is 0. The number of aromatic nitrogens is 1. The number of hydrogen-bond donors (Lipinski definition) is 1. The molecule has 20 heavy (non-hydrogen) atoms. The van der Waals surface area contributed by atoms with Crippen LogP contribution in [0.2, 0.25) is 0 Å². The van der Waals surface area contributed by atoms with Gasteiger partial charge in [0.05, 0.1) is 12.2 Å². The second-order valence-corrected chi connectivity index (χ2v) is 6.41. The number of rotatable bonds is 6. The van der Waals surface area contributed by atoms with E-state index in [1.54, 1.807) is 11.3 Å². The summed E-state index contributed by atoms with van der Waals surface area (Å²) >= 11 is 1.73. The van der Waals surface area contributed by atoms with Crippen molar-refractivity contribution in [2.45, 2.75) is 39.9 Å². The highest BCUT2D eigenvalue weighted by Crippen LogP contribution is 2.18. The lowest BCUT2D eigenvalue weighted by molar-refractivity contribution is 0.586. The van der Waals surface area contributed by atoms with Crippen LogP contribution in [0.4, 0.5) is 5.69 Å². The Morgan fingerprint density at radius 2 is 2.15 bits per heavy atom. The van der Waals surface area contributed by atoms with Gasteiger partial charge >= 0.3 is 0 Å². The third-order valence-electron chi connectivity index (χ3n) is 3.10. The van der Waals surface area contributed by atoms with Crippen molar-refractivity contribution in [3.05, 3.63) is 45.9 Å². The molecule has 0 radical (unpaired) electrons. The second-order valence-electron chi connectivity index (χ2n) is 5.46. The van der Waals surface area contributed by atoms with E-state index in [0.717, 1.165) is 23.8 Å². The van der Waals surface area contributed by atoms with Gasteiger partial charge < -0.3 is 10.2 Å². The Balaban J connectivity index is 1.96. The number of anilines is 1. The molecule has 0 fully saturated rings. The van der Waals surface area contributed by atoms with Crippen LogP contribution < -0.4 is 10.2 Å². The van der Waals surface area contributed by atoms with Crippen LogP contribution in [0.15, 0.2) is 29.6 Å². The molecule has 108 valence electrons. The molecule has 4 heteroatoms. The molecule has 1 aromatic carbocycles. The summed E-state index contributed by atoms with van der Waals surface area (Å²) in [5, 5.41) is 6.72. The van der Waals surface area contributed by atoms with Crippen molar-refractivity contribution in [1.29, 1.82) is 0 Å². The lowest BCUT2D eigenvalue weighted by atomic mass is 10.2. The Labute approximate surface area is 125 Å². The Bertz CT molecular complexity index is 548. The minimum atomic E-state index is 0.498. The summed E-state index contributed by atoms with van der Waals surface area (Å²) < 4.78 is 0. The molecule has 1 aromatic heterocycles. The molecule has 0 aliphatic heterocycles. The molecule has 0 unspecified atom stereocenters. The van der Waals surface area contributed by atoms with E-state index in [1.807, 2.05) is 0 Å². The number of aryl methyl sites for hydroxylation is 1. The Morgan fingerprint density at radius 3 is 2.85 bits per heavy atom. The van der Waals surface area contributed by atoms with Gasteiger partial charge in [-0.25, -0.2) is 4.98 Å². The first-order valence-electron chi connectivity index (χ1n) is 6.99. The summed E-state index contributed by atoms with van der Waals surface area (Å²) in [7, 11) is 2.11. The average Bonchev–Trinajstić information content (AvgIpc) is 2.84. The maximum absolute atomic E-state index is 4.68. The maximum Gasteiger partial charge on any atom is 0.107 e. The number of thiazole rings is 1. The minimum absolute atomic E-state index is 0.498. The largest absolute Gasteiger partial charge is 0.369 e. The van der Waals surface area contributed by atoms with E-state index in [4.69, 9.17) is 0 Å². The van der Waals surface area contributed by atoms with Crippen LogP contribution in [0.3, 0.4) is 0 Å². The second kappa shape index (κ2) is 6.86. The van der Waals surface area contributed by atoms with E-state index in [-0.39, 0.29) is 0 Å². The highest BCUT2D eigenvalue weighted by molar-refractivity contribution is 7.09. The zero-order valence-corrected chi connectivity index (χ0v) is 13.5. The molecule has 0 saturated heterocycles. The normalized spacial score (nSPS) is 11.1. The van der Waals surface area contributed by atoms with Crippen LogP contribution in [0.25, 0.3) is 0 Å². The van der Waals surface area contributed by atoms with Crippen molar-refractivity contribution in [2.24, 2.45) is 0 Å². The van der Waals surface area contributed by atoms with Crippen molar-refractivity contribution >= 4 is 17.0 Å². The molecule has 0 atom stereocenters. The van der Waals surface area contributed by atoms with Gasteiger partial charge in [-0.1, -0.05) is 26.0 Å². The van der Waals surface area contributed by atoms with Gasteiger partial charge in [0.25, 0.3) is 0 Å². The zero-order valence-electron chi connectivity index (χ0n) is 12.7. The van der Waals surface area contributed by atoms with Crippen LogP contribution in [-0.2, 0) is 13.1 Å². The van der Waals surface area contributed by atoms with Crippen molar-refractivity contribution in [3.63, 3.8) is 0 Å². The highest BCUT2D eigenvalue weighted by atomic mass is 32.1. The zero-order chi connectivity index (χ0) is 14.5. The fourth-order valence-electron chi connectivity index (χ4n) is 1.99. The van der Waals surface area contributed by atoms with Gasteiger partial charge in [-0.3, -0.25) is 0 Å². The average molecular weight is 289 g/mol. The molecule has 0 saturated carbocycles. The Kier molecular flexibility index (Phi) is 5.15. The van der Waals surface area contributed by atoms with E-state index in [9.17, 15) is 0 Å². The van der Waals surface area contributed by atoms with Crippen LogP contribution in [0.5, 0.6) is 0 Å². The lowest BCUT2D eigenvalue weighted by Crippen LogP contribution is -2.22. The van der Waals surface area contributed by atoms with Crippen molar-refractivity contribution < 1.29 is 0 Å². The summed E-state index contributed by atoms with van der Waals surface area (Å²) in [6.45, 7) is 8.13. The molecule has 0 aliphatic carbocycles. The molecular formula is C16H23N3S. The smallest absolute Gasteiger partial charge is 0.107 e. The molecule has 1 heterocycles. The number of nitrogens with one attached hydrogen (secondary N) is 1. The lowest BCUT2D eigenvalue weighted by Gasteiger charge is -2.18.